The highest BCUT2D eigenvalue weighted by Crippen LogP contribution is 2.41. The summed E-state index contributed by atoms with van der Waals surface area (Å²) in [4.78, 5) is 20.5. The molecule has 2 aromatic rings. The van der Waals surface area contributed by atoms with Gasteiger partial charge >= 0.3 is 12.3 Å². The maximum Gasteiger partial charge on any atom is 0.407 e. The number of nitrogens with one attached hydrogen (secondary N) is 2. The number of nitrogens with zero attached hydrogens (tertiary/aromatic N) is 2. The molecule has 4 N–H and O–H groups in total. The van der Waals surface area contributed by atoms with Gasteiger partial charge in [-0.2, -0.15) is 13.2 Å². The molecule has 1 unspecified atom stereocenters. The standard InChI is InChI=1S/C19H22F3N5O3S/c20-19(21,22)5-6-24-18(28)30-11-12-7-13(8-12)14-9-25-17(26-10-14)27-15-1-3-16(4-2-15)31(23)29/h1-4,9-10,12-13H,5-8,11,23H2,(H,24,28)(H,25,26,27). The lowest BCUT2D eigenvalue weighted by molar-refractivity contribution is -0.133. The molecule has 1 amide bonds. The predicted octanol–water partition coefficient (Wildman–Crippen LogP) is 3.37. The van der Waals surface area contributed by atoms with E-state index in [4.69, 9.17) is 9.88 Å². The van der Waals surface area contributed by atoms with E-state index in [-0.39, 0.29) is 18.4 Å². The van der Waals surface area contributed by atoms with Crippen molar-refractivity contribution in [3.8, 4) is 0 Å². The number of hydrogen-bond acceptors (Lipinski definition) is 6. The molecule has 12 heteroatoms. The van der Waals surface area contributed by atoms with E-state index in [0.29, 0.717) is 10.8 Å². The number of aromatic nitrogens is 2. The summed E-state index contributed by atoms with van der Waals surface area (Å²) in [5, 5.41) is 10.5. The first-order valence-corrected chi connectivity index (χ1v) is 10.7. The van der Waals surface area contributed by atoms with E-state index in [9.17, 15) is 22.2 Å². The van der Waals surface area contributed by atoms with Crippen LogP contribution in [0.25, 0.3) is 0 Å². The normalized spacial score (nSPS) is 19.2. The van der Waals surface area contributed by atoms with Gasteiger partial charge in [0.1, 0.15) is 11.0 Å². The lowest BCUT2D eigenvalue weighted by atomic mass is 9.72. The second-order valence-electron chi connectivity index (χ2n) is 7.21. The number of hydrogen-bond donors (Lipinski definition) is 3. The average molecular weight is 457 g/mol. The first-order valence-electron chi connectivity index (χ1n) is 9.52. The quantitative estimate of drug-likeness (QED) is 0.559. The molecule has 0 aliphatic heterocycles. The Labute approximate surface area is 179 Å². The van der Waals surface area contributed by atoms with Crippen LogP contribution in [0.15, 0.2) is 41.6 Å². The van der Waals surface area contributed by atoms with Crippen LogP contribution in [0.5, 0.6) is 0 Å². The molecule has 31 heavy (non-hydrogen) atoms. The zero-order chi connectivity index (χ0) is 22.4. The van der Waals surface area contributed by atoms with E-state index in [2.05, 4.69) is 20.6 Å². The highest BCUT2D eigenvalue weighted by Gasteiger charge is 2.32. The Bertz CT molecular complexity index is 903. The zero-order valence-electron chi connectivity index (χ0n) is 16.4. The van der Waals surface area contributed by atoms with E-state index in [1.807, 2.05) is 0 Å². The fourth-order valence-electron chi connectivity index (χ4n) is 3.11. The molecule has 1 fully saturated rings. The van der Waals surface area contributed by atoms with Crippen LogP contribution in [0.1, 0.15) is 30.7 Å². The van der Waals surface area contributed by atoms with Gasteiger partial charge in [0.15, 0.2) is 0 Å². The Morgan fingerprint density at radius 1 is 1.19 bits per heavy atom. The van der Waals surface area contributed by atoms with Crippen molar-refractivity contribution in [2.24, 2.45) is 11.1 Å². The summed E-state index contributed by atoms with van der Waals surface area (Å²) in [6.45, 7) is -0.331. The summed E-state index contributed by atoms with van der Waals surface area (Å²) in [5.74, 6) is 0.817. The van der Waals surface area contributed by atoms with Crippen LogP contribution in [-0.4, -0.2) is 39.6 Å². The average Bonchev–Trinajstić information content (AvgIpc) is 2.67. The summed E-state index contributed by atoms with van der Waals surface area (Å²) in [6, 6.07) is 6.76. The lowest BCUT2D eigenvalue weighted by Gasteiger charge is -2.34. The van der Waals surface area contributed by atoms with Crippen LogP contribution in [0.4, 0.5) is 29.6 Å². The van der Waals surface area contributed by atoms with Crippen molar-refractivity contribution >= 4 is 28.7 Å². The first kappa shape index (κ1) is 22.9. The summed E-state index contributed by atoms with van der Waals surface area (Å²) in [7, 11) is -1.53. The third-order valence-electron chi connectivity index (χ3n) is 4.85. The monoisotopic (exact) mass is 457 g/mol. The van der Waals surface area contributed by atoms with Crippen LogP contribution in [0.2, 0.25) is 0 Å². The Morgan fingerprint density at radius 3 is 2.42 bits per heavy atom. The van der Waals surface area contributed by atoms with E-state index >= 15 is 0 Å². The molecule has 1 heterocycles. The Kier molecular flexibility index (Phi) is 7.44. The summed E-state index contributed by atoms with van der Waals surface area (Å²) in [5.41, 5.74) is 1.70. The smallest absolute Gasteiger partial charge is 0.407 e. The highest BCUT2D eigenvalue weighted by atomic mass is 32.2. The molecule has 168 valence electrons. The minimum atomic E-state index is -4.31. The molecule has 0 radical (unpaired) electrons. The molecular formula is C19H22F3N5O3S. The lowest BCUT2D eigenvalue weighted by Crippen LogP contribution is -2.32. The third kappa shape index (κ3) is 7.17. The van der Waals surface area contributed by atoms with Crippen molar-refractivity contribution in [2.75, 3.05) is 18.5 Å². The molecule has 1 aromatic carbocycles. The van der Waals surface area contributed by atoms with Gasteiger partial charge in [-0.25, -0.2) is 24.1 Å². The highest BCUT2D eigenvalue weighted by molar-refractivity contribution is 7.82. The van der Waals surface area contributed by atoms with E-state index in [1.165, 1.54) is 0 Å². The number of alkyl halides is 3. The molecule has 3 rings (SSSR count). The molecule has 1 atom stereocenters. The molecule has 1 aliphatic carbocycles. The Morgan fingerprint density at radius 2 is 1.84 bits per heavy atom. The number of ether oxygens (including phenoxy) is 1. The number of rotatable bonds is 8. The van der Waals surface area contributed by atoms with Crippen LogP contribution >= 0.6 is 0 Å². The fourth-order valence-corrected chi connectivity index (χ4v) is 3.51. The largest absolute Gasteiger partial charge is 0.449 e. The van der Waals surface area contributed by atoms with E-state index in [0.717, 1.165) is 24.1 Å². The van der Waals surface area contributed by atoms with Gasteiger partial charge in [-0.15, -0.1) is 0 Å². The van der Waals surface area contributed by atoms with Crippen molar-refractivity contribution in [3.63, 3.8) is 0 Å². The minimum Gasteiger partial charge on any atom is -0.449 e. The number of benzene rings is 1. The SMILES string of the molecule is NS(=O)c1ccc(Nc2ncc(C3CC(COC(=O)NCCC(F)(F)F)C3)cn2)cc1. The van der Waals surface area contributed by atoms with Gasteiger partial charge in [-0.1, -0.05) is 0 Å². The van der Waals surface area contributed by atoms with Crippen molar-refractivity contribution in [1.29, 1.82) is 0 Å². The van der Waals surface area contributed by atoms with Gasteiger partial charge in [0.05, 0.1) is 17.9 Å². The van der Waals surface area contributed by atoms with Crippen LogP contribution in [0.3, 0.4) is 0 Å². The second-order valence-corrected chi connectivity index (χ2v) is 8.28. The van der Waals surface area contributed by atoms with E-state index in [1.54, 1.807) is 36.7 Å². The number of carbonyl (C=O) groups is 1. The van der Waals surface area contributed by atoms with Crippen LogP contribution in [0, 0.1) is 5.92 Å². The number of halogens is 3. The fraction of sp³-hybridized carbons (Fsp3) is 0.421. The molecule has 0 spiro atoms. The van der Waals surface area contributed by atoms with Gasteiger partial charge in [0, 0.05) is 24.6 Å². The van der Waals surface area contributed by atoms with Crippen LogP contribution < -0.4 is 15.8 Å². The van der Waals surface area contributed by atoms with Crippen LogP contribution in [-0.2, 0) is 15.7 Å². The predicted molar refractivity (Wildman–Crippen MR) is 108 cm³/mol. The van der Waals surface area contributed by atoms with Crippen molar-refractivity contribution < 1.29 is 26.9 Å². The Balaban J connectivity index is 1.38. The molecule has 0 saturated heterocycles. The zero-order valence-corrected chi connectivity index (χ0v) is 17.2. The van der Waals surface area contributed by atoms with Gasteiger partial charge in [0.25, 0.3) is 0 Å². The number of alkyl carbamates (subject to hydrolysis) is 1. The number of anilines is 2. The van der Waals surface area contributed by atoms with Gasteiger partial charge in [-0.3, -0.25) is 0 Å². The van der Waals surface area contributed by atoms with Gasteiger partial charge in [0.2, 0.25) is 5.95 Å². The maximum absolute atomic E-state index is 12.0. The minimum absolute atomic E-state index is 0.155. The topological polar surface area (TPSA) is 119 Å². The van der Waals surface area contributed by atoms with E-state index < -0.39 is 36.2 Å². The van der Waals surface area contributed by atoms with Gasteiger partial charge < -0.3 is 15.4 Å². The van der Waals surface area contributed by atoms with Crippen molar-refractivity contribution in [2.45, 2.75) is 36.3 Å². The molecule has 1 aromatic heterocycles. The summed E-state index contributed by atoms with van der Waals surface area (Å²) < 4.78 is 52.3. The first-order chi connectivity index (χ1) is 14.7. The molecule has 1 saturated carbocycles. The summed E-state index contributed by atoms with van der Waals surface area (Å²) in [6.07, 6.45) is -1.21. The van der Waals surface area contributed by atoms with Crippen molar-refractivity contribution in [3.05, 3.63) is 42.2 Å². The molecule has 0 bridgehead atoms. The second kappa shape index (κ2) is 10.1. The van der Waals surface area contributed by atoms with Gasteiger partial charge in [-0.05, 0) is 54.5 Å². The Hall–Kier alpha value is -2.73. The molecular weight excluding hydrogens is 435 g/mol. The third-order valence-corrected chi connectivity index (χ3v) is 5.59. The number of nitrogens with two attached hydrogens (primary N) is 1. The number of amides is 1. The summed E-state index contributed by atoms with van der Waals surface area (Å²) >= 11 is 0. The van der Waals surface area contributed by atoms with Crippen molar-refractivity contribution in [1.82, 2.24) is 15.3 Å². The molecule has 8 nitrogen and oxygen atoms in total. The molecule has 1 aliphatic rings. The maximum atomic E-state index is 12.0. The number of carbonyl (C=O) groups excluding carboxylic acids is 1.